The lowest BCUT2D eigenvalue weighted by molar-refractivity contribution is 0.385. The van der Waals surface area contributed by atoms with Crippen molar-refractivity contribution in [3.63, 3.8) is 0 Å². The van der Waals surface area contributed by atoms with Gasteiger partial charge in [0.25, 0.3) is 5.56 Å². The van der Waals surface area contributed by atoms with Gasteiger partial charge in [0.05, 0.1) is 5.69 Å². The molecule has 0 aliphatic heterocycles. The van der Waals surface area contributed by atoms with Gasteiger partial charge in [0.15, 0.2) is 0 Å². The van der Waals surface area contributed by atoms with Crippen LogP contribution in [0.25, 0.3) is 5.69 Å². The Bertz CT molecular complexity index is 716. The lowest BCUT2D eigenvalue weighted by Gasteiger charge is -2.08. The molecule has 8 heteroatoms. The molecule has 0 saturated carbocycles. The van der Waals surface area contributed by atoms with Crippen molar-refractivity contribution in [2.45, 2.75) is 0 Å². The Hall–Kier alpha value is -2.51. The SMILES string of the molecule is O=c1[nH]c(=O)n(-c2cc(F)cc(F)c2)c(O)c1F. The van der Waals surface area contributed by atoms with Crippen LogP contribution < -0.4 is 11.2 Å². The highest BCUT2D eigenvalue weighted by Crippen LogP contribution is 2.17. The number of halogens is 3. The van der Waals surface area contributed by atoms with Crippen LogP contribution in [0.4, 0.5) is 13.2 Å². The van der Waals surface area contributed by atoms with E-state index in [9.17, 15) is 27.9 Å². The van der Waals surface area contributed by atoms with Crippen molar-refractivity contribution in [3.05, 3.63) is 56.5 Å². The topological polar surface area (TPSA) is 75.1 Å². The van der Waals surface area contributed by atoms with E-state index < -0.39 is 40.3 Å². The van der Waals surface area contributed by atoms with E-state index in [0.29, 0.717) is 18.2 Å². The fraction of sp³-hybridized carbons (Fsp3) is 0. The number of hydrogen-bond acceptors (Lipinski definition) is 3. The third kappa shape index (κ3) is 1.88. The van der Waals surface area contributed by atoms with Gasteiger partial charge in [-0.25, -0.2) is 18.1 Å². The second-order valence-corrected chi connectivity index (χ2v) is 3.36. The number of benzene rings is 1. The first-order chi connectivity index (χ1) is 8.40. The van der Waals surface area contributed by atoms with Crippen molar-refractivity contribution in [3.8, 4) is 11.6 Å². The van der Waals surface area contributed by atoms with E-state index in [4.69, 9.17) is 0 Å². The molecule has 2 rings (SSSR count). The summed E-state index contributed by atoms with van der Waals surface area (Å²) in [4.78, 5) is 23.8. The third-order valence-electron chi connectivity index (χ3n) is 2.14. The second kappa shape index (κ2) is 4.06. The van der Waals surface area contributed by atoms with Crippen molar-refractivity contribution in [2.75, 3.05) is 0 Å². The molecule has 0 aliphatic carbocycles. The molecule has 0 saturated heterocycles. The maximum absolute atomic E-state index is 13.1. The summed E-state index contributed by atoms with van der Waals surface area (Å²) < 4.78 is 39.3. The number of H-pyrrole nitrogens is 1. The predicted octanol–water partition coefficient (Wildman–Crippen LogP) is 0.649. The molecule has 0 radical (unpaired) electrons. The van der Waals surface area contributed by atoms with Crippen LogP contribution >= 0.6 is 0 Å². The molecule has 0 atom stereocenters. The maximum Gasteiger partial charge on any atom is 0.335 e. The average molecular weight is 258 g/mol. The molecule has 0 bridgehead atoms. The summed E-state index contributed by atoms with van der Waals surface area (Å²) >= 11 is 0. The van der Waals surface area contributed by atoms with Gasteiger partial charge in [-0.3, -0.25) is 9.78 Å². The van der Waals surface area contributed by atoms with Crippen LogP contribution in [0, 0.1) is 17.5 Å². The summed E-state index contributed by atoms with van der Waals surface area (Å²) in [7, 11) is 0. The molecule has 0 fully saturated rings. The van der Waals surface area contributed by atoms with E-state index >= 15 is 0 Å². The highest BCUT2D eigenvalue weighted by molar-refractivity contribution is 5.36. The van der Waals surface area contributed by atoms with Gasteiger partial charge in [0.2, 0.25) is 11.7 Å². The molecule has 0 amide bonds. The highest BCUT2D eigenvalue weighted by atomic mass is 19.1. The normalized spacial score (nSPS) is 10.6. The van der Waals surface area contributed by atoms with Gasteiger partial charge in [-0.1, -0.05) is 0 Å². The maximum atomic E-state index is 13.1. The summed E-state index contributed by atoms with van der Waals surface area (Å²) in [5, 5.41) is 9.32. The van der Waals surface area contributed by atoms with Gasteiger partial charge in [0.1, 0.15) is 11.6 Å². The zero-order valence-corrected chi connectivity index (χ0v) is 8.58. The number of nitrogens with one attached hydrogen (secondary N) is 1. The smallest absolute Gasteiger partial charge is 0.335 e. The molecule has 1 aromatic heterocycles. The van der Waals surface area contributed by atoms with Crippen LogP contribution in [-0.2, 0) is 0 Å². The minimum absolute atomic E-state index is 0.239. The lowest BCUT2D eigenvalue weighted by Crippen LogP contribution is -2.31. The molecule has 94 valence electrons. The van der Waals surface area contributed by atoms with Crippen molar-refractivity contribution in [1.29, 1.82) is 0 Å². The quantitative estimate of drug-likeness (QED) is 0.788. The summed E-state index contributed by atoms with van der Waals surface area (Å²) in [6.45, 7) is 0. The predicted molar refractivity (Wildman–Crippen MR) is 54.2 cm³/mol. The zero-order chi connectivity index (χ0) is 13.4. The third-order valence-corrected chi connectivity index (χ3v) is 2.14. The highest BCUT2D eigenvalue weighted by Gasteiger charge is 2.16. The first-order valence-corrected chi connectivity index (χ1v) is 4.60. The minimum Gasteiger partial charge on any atom is -0.492 e. The van der Waals surface area contributed by atoms with E-state index in [1.165, 1.54) is 0 Å². The van der Waals surface area contributed by atoms with Crippen molar-refractivity contribution in [1.82, 2.24) is 9.55 Å². The van der Waals surface area contributed by atoms with Gasteiger partial charge in [0, 0.05) is 6.07 Å². The van der Waals surface area contributed by atoms with Crippen LogP contribution in [-0.4, -0.2) is 14.7 Å². The molecular weight excluding hydrogens is 253 g/mol. The number of aromatic amines is 1. The molecule has 1 heterocycles. The molecule has 1 aromatic carbocycles. The second-order valence-electron chi connectivity index (χ2n) is 3.36. The Morgan fingerprint density at radius 2 is 1.61 bits per heavy atom. The van der Waals surface area contributed by atoms with Gasteiger partial charge >= 0.3 is 5.69 Å². The fourth-order valence-corrected chi connectivity index (χ4v) is 1.41. The van der Waals surface area contributed by atoms with Crippen LogP contribution in [0.5, 0.6) is 5.88 Å². The standard InChI is InChI=1S/C10H5F3N2O3/c11-4-1-5(12)3-6(2-4)15-9(17)7(13)8(16)14-10(15)18/h1-3,17H,(H,14,16,18). The molecule has 5 nitrogen and oxygen atoms in total. The van der Waals surface area contributed by atoms with E-state index in [0.717, 1.165) is 0 Å². The van der Waals surface area contributed by atoms with E-state index in [2.05, 4.69) is 0 Å². The summed E-state index contributed by atoms with van der Waals surface area (Å²) in [5.74, 6) is -5.00. The average Bonchev–Trinajstić information content (AvgIpc) is 2.24. The fourth-order valence-electron chi connectivity index (χ4n) is 1.41. The van der Waals surface area contributed by atoms with Crippen molar-refractivity contribution in [2.24, 2.45) is 0 Å². The van der Waals surface area contributed by atoms with Crippen LogP contribution in [0.3, 0.4) is 0 Å². The Morgan fingerprint density at radius 3 is 2.17 bits per heavy atom. The first kappa shape index (κ1) is 12.0. The molecule has 0 unspecified atom stereocenters. The van der Waals surface area contributed by atoms with Crippen LogP contribution in [0.15, 0.2) is 27.8 Å². The molecule has 18 heavy (non-hydrogen) atoms. The number of hydrogen-bond donors (Lipinski definition) is 2. The Morgan fingerprint density at radius 1 is 1.06 bits per heavy atom. The minimum atomic E-state index is -1.63. The molecular formula is C10H5F3N2O3. The Kier molecular flexibility index (Phi) is 2.70. The van der Waals surface area contributed by atoms with Crippen LogP contribution in [0.2, 0.25) is 0 Å². The first-order valence-electron chi connectivity index (χ1n) is 4.60. The largest absolute Gasteiger partial charge is 0.492 e. The Balaban J connectivity index is 2.83. The van der Waals surface area contributed by atoms with Crippen molar-refractivity contribution >= 4 is 0 Å². The molecule has 2 aromatic rings. The summed E-state index contributed by atoms with van der Waals surface area (Å²) in [5.41, 5.74) is -3.10. The van der Waals surface area contributed by atoms with E-state index in [1.54, 1.807) is 4.98 Å². The van der Waals surface area contributed by atoms with Crippen molar-refractivity contribution < 1.29 is 18.3 Å². The zero-order valence-electron chi connectivity index (χ0n) is 8.58. The van der Waals surface area contributed by atoms with E-state index in [1.807, 2.05) is 0 Å². The lowest BCUT2D eigenvalue weighted by atomic mass is 10.3. The number of nitrogens with zero attached hydrogens (tertiary/aromatic N) is 1. The van der Waals surface area contributed by atoms with Crippen LogP contribution in [0.1, 0.15) is 0 Å². The summed E-state index contributed by atoms with van der Waals surface area (Å²) in [6.07, 6.45) is 0. The molecule has 2 N–H and O–H groups in total. The molecule has 0 aliphatic rings. The number of aromatic hydroxyl groups is 1. The Labute approximate surface area is 96.8 Å². The van der Waals surface area contributed by atoms with Gasteiger partial charge in [-0.2, -0.15) is 4.39 Å². The van der Waals surface area contributed by atoms with Gasteiger partial charge in [-0.15, -0.1) is 0 Å². The number of aromatic nitrogens is 2. The monoisotopic (exact) mass is 258 g/mol. The molecule has 0 spiro atoms. The van der Waals surface area contributed by atoms with Gasteiger partial charge < -0.3 is 5.11 Å². The summed E-state index contributed by atoms with van der Waals surface area (Å²) in [6, 6.07) is 1.93. The van der Waals surface area contributed by atoms with E-state index in [-0.39, 0.29) is 4.57 Å². The number of rotatable bonds is 1. The van der Waals surface area contributed by atoms with Gasteiger partial charge in [-0.05, 0) is 12.1 Å².